The number of aryl methyl sites for hydroxylation is 1. The van der Waals surface area contributed by atoms with Crippen molar-refractivity contribution in [2.24, 2.45) is 0 Å². The smallest absolute Gasteiger partial charge is 0.254 e. The van der Waals surface area contributed by atoms with Gasteiger partial charge in [-0.25, -0.2) is 9.37 Å². The molecule has 158 valence electrons. The summed E-state index contributed by atoms with van der Waals surface area (Å²) in [4.78, 5) is 28.4. The molecule has 0 saturated carbocycles. The molecule has 2 N–H and O–H groups in total. The molecule has 2 aromatic heterocycles. The lowest BCUT2D eigenvalue weighted by Crippen LogP contribution is -2.27. The van der Waals surface area contributed by atoms with Gasteiger partial charge in [0.15, 0.2) is 10.3 Å². The molecule has 0 radical (unpaired) electrons. The van der Waals surface area contributed by atoms with Crippen molar-refractivity contribution in [2.75, 3.05) is 17.6 Å². The second-order valence-electron chi connectivity index (χ2n) is 6.26. The molecule has 0 atom stereocenters. The van der Waals surface area contributed by atoms with E-state index in [1.165, 1.54) is 41.3 Å². The summed E-state index contributed by atoms with van der Waals surface area (Å²) in [6, 6.07) is 5.83. The summed E-state index contributed by atoms with van der Waals surface area (Å²) >= 11 is 2.66. The average molecular weight is 449 g/mol. The molecule has 2 amide bonds. The first-order valence-corrected chi connectivity index (χ1v) is 11.1. The number of benzene rings is 1. The van der Waals surface area contributed by atoms with Gasteiger partial charge in [-0.1, -0.05) is 23.9 Å². The topological polar surface area (TPSA) is 102 Å². The zero-order valence-corrected chi connectivity index (χ0v) is 18.1. The Morgan fingerprint density at radius 3 is 2.77 bits per heavy atom. The van der Waals surface area contributed by atoms with Crippen molar-refractivity contribution < 1.29 is 14.0 Å². The summed E-state index contributed by atoms with van der Waals surface area (Å²) in [6.45, 7) is 4.73. The Balaban J connectivity index is 1.51. The van der Waals surface area contributed by atoms with Gasteiger partial charge in [-0.3, -0.25) is 9.59 Å². The average Bonchev–Trinajstić information content (AvgIpc) is 3.31. The number of nitrogens with one attached hydrogen (secondary N) is 2. The Morgan fingerprint density at radius 1 is 1.27 bits per heavy atom. The molecule has 0 saturated heterocycles. The highest BCUT2D eigenvalue weighted by molar-refractivity contribution is 7.99. The van der Waals surface area contributed by atoms with Crippen molar-refractivity contribution in [1.82, 2.24) is 25.1 Å². The summed E-state index contributed by atoms with van der Waals surface area (Å²) in [6.07, 6.45) is 0.437. The number of hydrogen-bond acceptors (Lipinski definition) is 7. The normalized spacial score (nSPS) is 10.8. The SMILES string of the molecule is CCn1c(CCNC(=O)c2ccccc2F)nnc1SCC(=O)Nc1nc(C)cs1. The number of hydrogen-bond donors (Lipinski definition) is 2. The fourth-order valence-corrected chi connectivity index (χ4v) is 4.18. The number of thioether (sulfide) groups is 1. The third-order valence-electron chi connectivity index (χ3n) is 4.06. The van der Waals surface area contributed by atoms with Crippen LogP contribution in [-0.2, 0) is 17.8 Å². The number of nitrogens with zero attached hydrogens (tertiary/aromatic N) is 4. The highest BCUT2D eigenvalue weighted by Crippen LogP contribution is 2.19. The van der Waals surface area contributed by atoms with Crippen molar-refractivity contribution in [3.63, 3.8) is 0 Å². The summed E-state index contributed by atoms with van der Waals surface area (Å²) in [7, 11) is 0. The third-order valence-corrected chi connectivity index (χ3v) is 5.90. The second kappa shape index (κ2) is 10.3. The van der Waals surface area contributed by atoms with Crippen LogP contribution in [0.4, 0.5) is 9.52 Å². The van der Waals surface area contributed by atoms with Crippen LogP contribution < -0.4 is 10.6 Å². The van der Waals surface area contributed by atoms with Crippen LogP contribution in [0.15, 0.2) is 34.8 Å². The molecule has 0 unspecified atom stereocenters. The molecule has 1 aromatic carbocycles. The van der Waals surface area contributed by atoms with Gasteiger partial charge in [0.25, 0.3) is 5.91 Å². The lowest BCUT2D eigenvalue weighted by atomic mass is 10.2. The minimum atomic E-state index is -0.559. The Kier molecular flexibility index (Phi) is 7.52. The van der Waals surface area contributed by atoms with Gasteiger partial charge in [0, 0.05) is 24.9 Å². The van der Waals surface area contributed by atoms with Crippen molar-refractivity contribution in [3.8, 4) is 0 Å². The van der Waals surface area contributed by atoms with Crippen LogP contribution in [0, 0.1) is 12.7 Å². The van der Waals surface area contributed by atoms with Crippen molar-refractivity contribution in [2.45, 2.75) is 32.0 Å². The maximum Gasteiger partial charge on any atom is 0.254 e. The summed E-state index contributed by atoms with van der Waals surface area (Å²) in [5, 5.41) is 16.8. The maximum atomic E-state index is 13.7. The van der Waals surface area contributed by atoms with Crippen molar-refractivity contribution in [3.05, 3.63) is 52.5 Å². The van der Waals surface area contributed by atoms with E-state index >= 15 is 0 Å². The first-order chi connectivity index (χ1) is 14.5. The Morgan fingerprint density at radius 2 is 2.07 bits per heavy atom. The molecule has 3 rings (SSSR count). The van der Waals surface area contributed by atoms with Crippen LogP contribution in [0.3, 0.4) is 0 Å². The number of thiazole rings is 1. The van der Waals surface area contributed by atoms with Crippen LogP contribution >= 0.6 is 23.1 Å². The standard InChI is InChI=1S/C19H21FN6O2S2/c1-3-26-15(8-9-21-17(28)13-6-4-5-7-14(13)20)24-25-19(26)30-11-16(27)23-18-22-12(2)10-29-18/h4-7,10H,3,8-9,11H2,1-2H3,(H,21,28)(H,22,23,27). The summed E-state index contributed by atoms with van der Waals surface area (Å²) in [5.41, 5.74) is 0.868. The largest absolute Gasteiger partial charge is 0.351 e. The molecule has 2 heterocycles. The highest BCUT2D eigenvalue weighted by atomic mass is 32.2. The molecule has 0 aliphatic heterocycles. The van der Waals surface area contributed by atoms with Crippen LogP contribution in [-0.4, -0.2) is 43.9 Å². The molecule has 0 fully saturated rings. The van der Waals surface area contributed by atoms with E-state index in [0.717, 1.165) is 5.69 Å². The van der Waals surface area contributed by atoms with E-state index < -0.39 is 11.7 Å². The van der Waals surface area contributed by atoms with Gasteiger partial charge in [0.2, 0.25) is 5.91 Å². The second-order valence-corrected chi connectivity index (χ2v) is 8.06. The van der Waals surface area contributed by atoms with Gasteiger partial charge in [-0.2, -0.15) is 0 Å². The fourth-order valence-electron chi connectivity index (χ4n) is 2.65. The minimum absolute atomic E-state index is 0.00661. The van der Waals surface area contributed by atoms with Crippen molar-refractivity contribution in [1.29, 1.82) is 0 Å². The number of carbonyl (C=O) groups excluding carboxylic acids is 2. The zero-order chi connectivity index (χ0) is 21.5. The molecule has 0 spiro atoms. The molecular weight excluding hydrogens is 427 g/mol. The number of rotatable bonds is 9. The summed E-state index contributed by atoms with van der Waals surface area (Å²) < 4.78 is 15.6. The molecule has 11 heteroatoms. The third kappa shape index (κ3) is 5.63. The summed E-state index contributed by atoms with van der Waals surface area (Å²) in [5.74, 6) is -0.333. The van der Waals surface area contributed by atoms with E-state index in [-0.39, 0.29) is 17.2 Å². The number of amides is 2. The Labute approximate surface area is 181 Å². The molecule has 0 aliphatic rings. The molecule has 3 aromatic rings. The van der Waals surface area contributed by atoms with Gasteiger partial charge < -0.3 is 15.2 Å². The predicted molar refractivity (Wildman–Crippen MR) is 114 cm³/mol. The Bertz CT molecular complexity index is 1040. The number of anilines is 1. The fraction of sp³-hybridized carbons (Fsp3) is 0.316. The van der Waals surface area contributed by atoms with Crippen LogP contribution in [0.1, 0.15) is 28.8 Å². The lowest BCUT2D eigenvalue weighted by Gasteiger charge is -2.08. The van der Waals surface area contributed by atoms with Gasteiger partial charge in [0.1, 0.15) is 11.6 Å². The first-order valence-electron chi connectivity index (χ1n) is 9.27. The van der Waals surface area contributed by atoms with Crippen molar-refractivity contribution >= 4 is 40.0 Å². The monoisotopic (exact) mass is 448 g/mol. The predicted octanol–water partition coefficient (Wildman–Crippen LogP) is 2.91. The van der Waals surface area contributed by atoms with E-state index in [9.17, 15) is 14.0 Å². The van der Waals surface area contributed by atoms with Crippen LogP contribution in [0.5, 0.6) is 0 Å². The maximum absolute atomic E-state index is 13.7. The number of carbonyl (C=O) groups is 2. The van der Waals surface area contributed by atoms with Gasteiger partial charge in [-0.15, -0.1) is 21.5 Å². The number of halogens is 1. The number of aromatic nitrogens is 4. The quantitative estimate of drug-likeness (QED) is 0.488. The van der Waals surface area contributed by atoms with E-state index in [0.29, 0.717) is 35.6 Å². The van der Waals surface area contributed by atoms with Crippen LogP contribution in [0.25, 0.3) is 0 Å². The molecular formula is C19H21FN6O2S2. The minimum Gasteiger partial charge on any atom is -0.351 e. The van der Waals surface area contributed by atoms with Gasteiger partial charge in [0.05, 0.1) is 17.0 Å². The highest BCUT2D eigenvalue weighted by Gasteiger charge is 2.15. The van der Waals surface area contributed by atoms with E-state index in [4.69, 9.17) is 0 Å². The molecule has 0 bridgehead atoms. The van der Waals surface area contributed by atoms with E-state index in [1.807, 2.05) is 23.8 Å². The van der Waals surface area contributed by atoms with Gasteiger partial charge >= 0.3 is 0 Å². The molecule has 30 heavy (non-hydrogen) atoms. The van der Waals surface area contributed by atoms with Gasteiger partial charge in [-0.05, 0) is 26.0 Å². The first kappa shape index (κ1) is 21.9. The van der Waals surface area contributed by atoms with E-state index in [1.54, 1.807) is 6.07 Å². The molecule has 0 aliphatic carbocycles. The van der Waals surface area contributed by atoms with E-state index in [2.05, 4.69) is 25.8 Å². The zero-order valence-electron chi connectivity index (χ0n) is 16.5. The molecule has 8 nitrogen and oxygen atoms in total. The lowest BCUT2D eigenvalue weighted by molar-refractivity contribution is -0.113. The van der Waals surface area contributed by atoms with Crippen LogP contribution in [0.2, 0.25) is 0 Å². The Hall–Kier alpha value is -2.79.